The summed E-state index contributed by atoms with van der Waals surface area (Å²) < 4.78 is 0. The molecule has 3 nitrogen and oxygen atoms in total. The first kappa shape index (κ1) is 17.9. The Balaban J connectivity index is 4.01. The van der Waals surface area contributed by atoms with Crippen LogP contribution in [0.3, 0.4) is 0 Å². The molecule has 0 heterocycles. The molecule has 0 saturated heterocycles. The number of nitrogens with one attached hydrogen (secondary N) is 1. The third kappa shape index (κ3) is 8.90. The molecule has 0 saturated carbocycles. The van der Waals surface area contributed by atoms with Gasteiger partial charge in [-0.05, 0) is 52.5 Å². The van der Waals surface area contributed by atoms with E-state index in [-0.39, 0.29) is 0 Å². The lowest BCUT2D eigenvalue weighted by atomic mass is 9.86. The quantitative estimate of drug-likeness (QED) is 0.648. The molecule has 0 aliphatic carbocycles. The lowest BCUT2D eigenvalue weighted by Crippen LogP contribution is -2.43. The van der Waals surface area contributed by atoms with Crippen molar-refractivity contribution in [2.45, 2.75) is 46.6 Å². The fourth-order valence-corrected chi connectivity index (χ4v) is 2.13. The summed E-state index contributed by atoms with van der Waals surface area (Å²) in [7, 11) is 6.53. The average Bonchev–Trinajstić information content (AvgIpc) is 2.26. The zero-order valence-electron chi connectivity index (χ0n) is 13.7. The zero-order chi connectivity index (χ0) is 14.2. The predicted molar refractivity (Wildman–Crippen MR) is 82.2 cm³/mol. The monoisotopic (exact) mass is 257 g/mol. The Kier molecular flexibility index (Phi) is 8.83. The van der Waals surface area contributed by atoms with Crippen molar-refractivity contribution < 1.29 is 0 Å². The highest BCUT2D eigenvalue weighted by atomic mass is 15.1. The minimum Gasteiger partial charge on any atom is -0.314 e. The van der Waals surface area contributed by atoms with E-state index in [2.05, 4.69) is 64.0 Å². The second-order valence-electron chi connectivity index (χ2n) is 6.59. The molecule has 0 aliphatic heterocycles. The van der Waals surface area contributed by atoms with E-state index in [0.29, 0.717) is 11.5 Å². The van der Waals surface area contributed by atoms with Crippen LogP contribution in [0.2, 0.25) is 0 Å². The van der Waals surface area contributed by atoms with Gasteiger partial charge in [-0.25, -0.2) is 0 Å². The molecule has 0 aromatic heterocycles. The predicted octanol–water partition coefficient (Wildman–Crippen LogP) is 2.28. The van der Waals surface area contributed by atoms with Gasteiger partial charge in [0.2, 0.25) is 0 Å². The summed E-state index contributed by atoms with van der Waals surface area (Å²) in [6, 6.07) is 0.579. The lowest BCUT2D eigenvalue weighted by Gasteiger charge is -2.34. The van der Waals surface area contributed by atoms with E-state index in [1.165, 1.54) is 32.5 Å². The van der Waals surface area contributed by atoms with Crippen LogP contribution in [0.15, 0.2) is 0 Å². The lowest BCUT2D eigenvalue weighted by molar-refractivity contribution is 0.172. The van der Waals surface area contributed by atoms with Crippen molar-refractivity contribution in [3.63, 3.8) is 0 Å². The normalized spacial score (nSPS) is 15.7. The molecule has 0 amide bonds. The Labute approximate surface area is 115 Å². The van der Waals surface area contributed by atoms with Gasteiger partial charge >= 0.3 is 0 Å². The molecule has 110 valence electrons. The van der Waals surface area contributed by atoms with E-state index in [1.54, 1.807) is 0 Å². The maximum absolute atomic E-state index is 3.58. The first-order valence-corrected chi connectivity index (χ1v) is 7.36. The highest BCUT2D eigenvalue weighted by molar-refractivity contribution is 4.79. The van der Waals surface area contributed by atoms with Gasteiger partial charge < -0.3 is 15.1 Å². The maximum Gasteiger partial charge on any atom is 0.00443 e. The molecule has 3 heteroatoms. The van der Waals surface area contributed by atoms with E-state index in [4.69, 9.17) is 0 Å². The average molecular weight is 257 g/mol. The number of nitrogens with zero attached hydrogens (tertiary/aromatic N) is 2. The first-order chi connectivity index (χ1) is 8.29. The topological polar surface area (TPSA) is 18.5 Å². The zero-order valence-corrected chi connectivity index (χ0v) is 13.7. The molecule has 1 N–H and O–H groups in total. The van der Waals surface area contributed by atoms with Crippen LogP contribution in [-0.2, 0) is 0 Å². The summed E-state index contributed by atoms with van der Waals surface area (Å²) >= 11 is 0. The van der Waals surface area contributed by atoms with E-state index in [9.17, 15) is 0 Å². The molecule has 0 aromatic rings. The minimum atomic E-state index is 0.386. The van der Waals surface area contributed by atoms with Crippen molar-refractivity contribution in [2.24, 2.45) is 5.41 Å². The maximum atomic E-state index is 3.58. The van der Waals surface area contributed by atoms with Crippen molar-refractivity contribution in [3.05, 3.63) is 0 Å². The molecule has 0 radical (unpaired) electrons. The summed E-state index contributed by atoms with van der Waals surface area (Å²) in [5.74, 6) is 0. The molecule has 0 bridgehead atoms. The molecule has 0 fully saturated rings. The van der Waals surface area contributed by atoms with Gasteiger partial charge in [0.25, 0.3) is 0 Å². The molecule has 0 aromatic carbocycles. The fourth-order valence-electron chi connectivity index (χ4n) is 2.13. The van der Waals surface area contributed by atoms with Crippen LogP contribution < -0.4 is 5.32 Å². The van der Waals surface area contributed by atoms with Crippen molar-refractivity contribution >= 4 is 0 Å². The third-order valence-corrected chi connectivity index (χ3v) is 3.59. The Bertz CT molecular complexity index is 204. The van der Waals surface area contributed by atoms with Gasteiger partial charge in [-0.1, -0.05) is 27.7 Å². The van der Waals surface area contributed by atoms with Gasteiger partial charge in [0, 0.05) is 19.1 Å². The van der Waals surface area contributed by atoms with E-state index < -0.39 is 0 Å². The van der Waals surface area contributed by atoms with Gasteiger partial charge in [0.1, 0.15) is 0 Å². The minimum absolute atomic E-state index is 0.386. The molecule has 0 spiro atoms. The Morgan fingerprint density at radius 1 is 1.11 bits per heavy atom. The van der Waals surface area contributed by atoms with Crippen LogP contribution in [0, 0.1) is 5.41 Å². The largest absolute Gasteiger partial charge is 0.314 e. The van der Waals surface area contributed by atoms with Crippen LogP contribution in [0.4, 0.5) is 0 Å². The molecule has 1 atom stereocenters. The van der Waals surface area contributed by atoms with Crippen LogP contribution in [0.5, 0.6) is 0 Å². The van der Waals surface area contributed by atoms with Crippen LogP contribution in [-0.4, -0.2) is 63.2 Å². The van der Waals surface area contributed by atoms with Crippen molar-refractivity contribution in [1.29, 1.82) is 0 Å². The molecule has 0 aliphatic rings. The number of rotatable bonds is 10. The fraction of sp³-hybridized carbons (Fsp3) is 1.00. The second kappa shape index (κ2) is 8.89. The molecule has 18 heavy (non-hydrogen) atoms. The Hall–Kier alpha value is -0.120. The summed E-state index contributed by atoms with van der Waals surface area (Å²) in [5.41, 5.74) is 0.386. The summed E-state index contributed by atoms with van der Waals surface area (Å²) in [5, 5.41) is 3.58. The van der Waals surface area contributed by atoms with E-state index in [1.807, 2.05) is 0 Å². The first-order valence-electron chi connectivity index (χ1n) is 7.36. The third-order valence-electron chi connectivity index (χ3n) is 3.59. The van der Waals surface area contributed by atoms with Gasteiger partial charge in [-0.15, -0.1) is 0 Å². The van der Waals surface area contributed by atoms with Crippen molar-refractivity contribution in [1.82, 2.24) is 15.1 Å². The molecule has 1 unspecified atom stereocenters. The SMILES string of the molecule is CCC(C)(CNC(C)C)CN(C)CCCN(C)C. The highest BCUT2D eigenvalue weighted by Crippen LogP contribution is 2.21. The molecule has 0 rings (SSSR count). The smallest absolute Gasteiger partial charge is 0.00443 e. The Morgan fingerprint density at radius 3 is 2.17 bits per heavy atom. The standard InChI is InChI=1S/C15H35N3/c1-8-15(4,12-16-14(2)3)13-18(7)11-9-10-17(5)6/h14,16H,8-13H2,1-7H3. The van der Waals surface area contributed by atoms with E-state index >= 15 is 0 Å². The van der Waals surface area contributed by atoms with Gasteiger partial charge in [-0.3, -0.25) is 0 Å². The van der Waals surface area contributed by atoms with Crippen molar-refractivity contribution in [3.8, 4) is 0 Å². The summed E-state index contributed by atoms with van der Waals surface area (Å²) in [4.78, 5) is 4.74. The van der Waals surface area contributed by atoms with Gasteiger partial charge in [-0.2, -0.15) is 0 Å². The Morgan fingerprint density at radius 2 is 1.72 bits per heavy atom. The second-order valence-corrected chi connectivity index (χ2v) is 6.59. The van der Waals surface area contributed by atoms with Gasteiger partial charge in [0.15, 0.2) is 0 Å². The summed E-state index contributed by atoms with van der Waals surface area (Å²) in [6.07, 6.45) is 2.48. The number of hydrogen-bond donors (Lipinski definition) is 1. The summed E-state index contributed by atoms with van der Waals surface area (Å²) in [6.45, 7) is 13.8. The molecular weight excluding hydrogens is 222 g/mol. The van der Waals surface area contributed by atoms with Crippen LogP contribution in [0.1, 0.15) is 40.5 Å². The number of hydrogen-bond acceptors (Lipinski definition) is 3. The van der Waals surface area contributed by atoms with Crippen molar-refractivity contribution in [2.75, 3.05) is 47.3 Å². The highest BCUT2D eigenvalue weighted by Gasteiger charge is 2.23. The van der Waals surface area contributed by atoms with Crippen LogP contribution in [0.25, 0.3) is 0 Å². The molecular formula is C15H35N3. The van der Waals surface area contributed by atoms with Crippen LogP contribution >= 0.6 is 0 Å². The van der Waals surface area contributed by atoms with E-state index in [0.717, 1.165) is 6.54 Å². The van der Waals surface area contributed by atoms with Gasteiger partial charge in [0.05, 0.1) is 0 Å².